The minimum atomic E-state index is -3.77. The van der Waals surface area contributed by atoms with Crippen molar-refractivity contribution in [1.82, 2.24) is 4.90 Å². The van der Waals surface area contributed by atoms with E-state index in [4.69, 9.17) is 16.7 Å². The van der Waals surface area contributed by atoms with E-state index in [1.54, 1.807) is 29.2 Å². The Bertz CT molecular complexity index is 967. The number of carbonyl (C=O) groups is 2. The van der Waals surface area contributed by atoms with E-state index in [1.165, 1.54) is 24.3 Å². The molecule has 1 fully saturated rings. The van der Waals surface area contributed by atoms with Crippen LogP contribution in [-0.2, 0) is 14.8 Å². The minimum Gasteiger partial charge on any atom is -0.339 e. The number of sulfonamides is 1. The topological polar surface area (TPSA) is 110 Å². The van der Waals surface area contributed by atoms with Gasteiger partial charge < -0.3 is 10.2 Å². The molecule has 0 atom stereocenters. The quantitative estimate of drug-likeness (QED) is 0.790. The summed E-state index contributed by atoms with van der Waals surface area (Å²) in [7, 11) is -3.77. The molecular formula is C19H20ClN3O4S. The van der Waals surface area contributed by atoms with E-state index in [0.717, 1.165) is 0 Å². The summed E-state index contributed by atoms with van der Waals surface area (Å²) in [4.78, 5) is 26.7. The van der Waals surface area contributed by atoms with Gasteiger partial charge in [0, 0.05) is 35.3 Å². The summed E-state index contributed by atoms with van der Waals surface area (Å²) in [6.45, 7) is 0.980. The van der Waals surface area contributed by atoms with Crippen LogP contribution in [0.2, 0.25) is 5.02 Å². The van der Waals surface area contributed by atoms with Crippen molar-refractivity contribution in [3.63, 3.8) is 0 Å². The van der Waals surface area contributed by atoms with Crippen molar-refractivity contribution in [2.75, 3.05) is 18.4 Å². The molecule has 3 N–H and O–H groups in total. The molecular weight excluding hydrogens is 402 g/mol. The molecule has 28 heavy (non-hydrogen) atoms. The Morgan fingerprint density at radius 2 is 1.57 bits per heavy atom. The van der Waals surface area contributed by atoms with E-state index in [0.29, 0.717) is 42.2 Å². The zero-order chi connectivity index (χ0) is 20.3. The number of hydrogen-bond acceptors (Lipinski definition) is 4. The molecule has 1 aliphatic rings. The second-order valence-corrected chi connectivity index (χ2v) is 8.63. The SMILES string of the molecule is NS(=O)(=O)c1ccc(NC(=O)C2CCN(C(=O)c3ccc(Cl)cc3)CC2)cc1. The van der Waals surface area contributed by atoms with Gasteiger partial charge in [0.1, 0.15) is 0 Å². The van der Waals surface area contributed by atoms with Crippen LogP contribution in [0.1, 0.15) is 23.2 Å². The highest BCUT2D eigenvalue weighted by Crippen LogP contribution is 2.22. The first-order valence-corrected chi connectivity index (χ1v) is 10.6. The average Bonchev–Trinajstić information content (AvgIpc) is 2.68. The number of piperidine rings is 1. The number of amides is 2. The average molecular weight is 422 g/mol. The van der Waals surface area contributed by atoms with Gasteiger partial charge >= 0.3 is 0 Å². The summed E-state index contributed by atoms with van der Waals surface area (Å²) in [5, 5.41) is 8.41. The lowest BCUT2D eigenvalue weighted by Gasteiger charge is -2.31. The van der Waals surface area contributed by atoms with Crippen LogP contribution in [0, 0.1) is 5.92 Å². The summed E-state index contributed by atoms with van der Waals surface area (Å²) < 4.78 is 22.5. The molecule has 0 bridgehead atoms. The highest BCUT2D eigenvalue weighted by Gasteiger charge is 2.28. The van der Waals surface area contributed by atoms with Gasteiger partial charge in [0.25, 0.3) is 5.91 Å². The highest BCUT2D eigenvalue weighted by atomic mass is 35.5. The number of hydrogen-bond donors (Lipinski definition) is 2. The number of nitrogens with one attached hydrogen (secondary N) is 1. The number of benzene rings is 2. The number of nitrogens with two attached hydrogens (primary N) is 1. The molecule has 0 saturated carbocycles. The number of likely N-dealkylation sites (tertiary alicyclic amines) is 1. The standard InChI is InChI=1S/C19H20ClN3O4S/c20-15-3-1-14(2-4-15)19(25)23-11-9-13(10-12-23)18(24)22-16-5-7-17(8-6-16)28(21,26)27/h1-8,13H,9-12H2,(H,22,24)(H2,21,26,27). The van der Waals surface area contributed by atoms with Gasteiger partial charge in [-0.1, -0.05) is 11.6 Å². The van der Waals surface area contributed by atoms with Crippen LogP contribution >= 0.6 is 11.6 Å². The van der Waals surface area contributed by atoms with E-state index in [1.807, 2.05) is 0 Å². The lowest BCUT2D eigenvalue weighted by molar-refractivity contribution is -0.121. The molecule has 9 heteroatoms. The summed E-state index contributed by atoms with van der Waals surface area (Å²) >= 11 is 5.85. The summed E-state index contributed by atoms with van der Waals surface area (Å²) in [5.74, 6) is -0.441. The third-order valence-electron chi connectivity index (χ3n) is 4.69. The number of carbonyl (C=O) groups excluding carboxylic acids is 2. The van der Waals surface area contributed by atoms with Crippen molar-refractivity contribution >= 4 is 39.1 Å². The van der Waals surface area contributed by atoms with Crippen molar-refractivity contribution in [3.05, 3.63) is 59.1 Å². The maximum atomic E-state index is 12.5. The van der Waals surface area contributed by atoms with Crippen LogP contribution in [0.15, 0.2) is 53.4 Å². The number of rotatable bonds is 4. The smallest absolute Gasteiger partial charge is 0.253 e. The first kappa shape index (κ1) is 20.3. The van der Waals surface area contributed by atoms with Gasteiger partial charge in [-0.3, -0.25) is 9.59 Å². The molecule has 0 unspecified atom stereocenters. The molecule has 0 aliphatic carbocycles. The van der Waals surface area contributed by atoms with Gasteiger partial charge in [0.2, 0.25) is 15.9 Å². The first-order valence-electron chi connectivity index (χ1n) is 8.72. The number of halogens is 1. The summed E-state index contributed by atoms with van der Waals surface area (Å²) in [6, 6.07) is 12.4. The Balaban J connectivity index is 1.55. The van der Waals surface area contributed by atoms with Gasteiger partial charge in [-0.15, -0.1) is 0 Å². The van der Waals surface area contributed by atoms with Crippen molar-refractivity contribution in [1.29, 1.82) is 0 Å². The Kier molecular flexibility index (Phi) is 6.02. The maximum Gasteiger partial charge on any atom is 0.253 e. The van der Waals surface area contributed by atoms with Crippen LogP contribution in [0.25, 0.3) is 0 Å². The van der Waals surface area contributed by atoms with E-state index >= 15 is 0 Å². The Hall–Kier alpha value is -2.42. The van der Waals surface area contributed by atoms with Crippen molar-refractivity contribution in [2.24, 2.45) is 11.1 Å². The lowest BCUT2D eigenvalue weighted by Crippen LogP contribution is -2.41. The molecule has 0 aromatic heterocycles. The second kappa shape index (κ2) is 8.30. The Morgan fingerprint density at radius 1 is 1.00 bits per heavy atom. The molecule has 7 nitrogen and oxygen atoms in total. The maximum absolute atomic E-state index is 12.5. The predicted molar refractivity (Wildman–Crippen MR) is 107 cm³/mol. The third-order valence-corrected chi connectivity index (χ3v) is 5.88. The fourth-order valence-electron chi connectivity index (χ4n) is 3.09. The van der Waals surface area contributed by atoms with Gasteiger partial charge in [0.15, 0.2) is 0 Å². The van der Waals surface area contributed by atoms with Crippen LogP contribution in [0.4, 0.5) is 5.69 Å². The van der Waals surface area contributed by atoms with E-state index < -0.39 is 10.0 Å². The molecule has 0 spiro atoms. The zero-order valence-corrected chi connectivity index (χ0v) is 16.5. The van der Waals surface area contributed by atoms with E-state index in [2.05, 4.69) is 5.32 Å². The van der Waals surface area contributed by atoms with Crippen LogP contribution in [0.3, 0.4) is 0 Å². The molecule has 2 aromatic carbocycles. The minimum absolute atomic E-state index is 0.0143. The molecule has 1 saturated heterocycles. The van der Waals surface area contributed by atoms with Crippen LogP contribution < -0.4 is 10.5 Å². The van der Waals surface area contributed by atoms with E-state index in [-0.39, 0.29) is 22.6 Å². The Labute approximate surface area is 168 Å². The molecule has 148 valence electrons. The fourth-order valence-corrected chi connectivity index (χ4v) is 3.73. The number of primary sulfonamides is 1. The van der Waals surface area contributed by atoms with Gasteiger partial charge in [0.05, 0.1) is 4.90 Å². The molecule has 2 aromatic rings. The predicted octanol–water partition coefficient (Wildman–Crippen LogP) is 2.48. The number of anilines is 1. The second-order valence-electron chi connectivity index (χ2n) is 6.63. The molecule has 2 amide bonds. The molecule has 0 radical (unpaired) electrons. The van der Waals surface area contributed by atoms with E-state index in [9.17, 15) is 18.0 Å². The highest BCUT2D eigenvalue weighted by molar-refractivity contribution is 7.89. The van der Waals surface area contributed by atoms with Crippen LogP contribution in [-0.4, -0.2) is 38.2 Å². The number of nitrogens with zero attached hydrogens (tertiary/aromatic N) is 1. The van der Waals surface area contributed by atoms with Crippen molar-refractivity contribution in [3.8, 4) is 0 Å². The van der Waals surface area contributed by atoms with Crippen molar-refractivity contribution < 1.29 is 18.0 Å². The third kappa shape index (κ3) is 4.89. The molecule has 1 aliphatic heterocycles. The first-order chi connectivity index (χ1) is 13.2. The van der Waals surface area contributed by atoms with Crippen molar-refractivity contribution in [2.45, 2.75) is 17.7 Å². The monoisotopic (exact) mass is 421 g/mol. The zero-order valence-electron chi connectivity index (χ0n) is 15.0. The van der Waals surface area contributed by atoms with Gasteiger partial charge in [-0.05, 0) is 61.4 Å². The lowest BCUT2D eigenvalue weighted by atomic mass is 9.95. The summed E-state index contributed by atoms with van der Waals surface area (Å²) in [6.07, 6.45) is 1.11. The molecule has 3 rings (SSSR count). The fraction of sp³-hybridized carbons (Fsp3) is 0.263. The molecule has 1 heterocycles. The normalized spacial score (nSPS) is 15.3. The van der Waals surface area contributed by atoms with Gasteiger partial charge in [-0.25, -0.2) is 13.6 Å². The summed E-state index contributed by atoms with van der Waals surface area (Å²) in [5.41, 5.74) is 1.07. The Morgan fingerprint density at radius 3 is 2.11 bits per heavy atom. The van der Waals surface area contributed by atoms with Crippen LogP contribution in [0.5, 0.6) is 0 Å². The largest absolute Gasteiger partial charge is 0.339 e. The van der Waals surface area contributed by atoms with Gasteiger partial charge in [-0.2, -0.15) is 0 Å².